The summed E-state index contributed by atoms with van der Waals surface area (Å²) in [6.07, 6.45) is 0.304. The first-order chi connectivity index (χ1) is 27.7. The first kappa shape index (κ1) is 43.7. The molecule has 14 heteroatoms. The zero-order chi connectivity index (χ0) is 44.3. The van der Waals surface area contributed by atoms with Crippen molar-refractivity contribution in [2.75, 3.05) is 0 Å². The molecule has 326 valence electrons. The Labute approximate surface area is 351 Å². The van der Waals surface area contributed by atoms with Crippen LogP contribution in [0.5, 0.6) is 0 Å². The number of Topliss-reactive ketones (excluding diaryl/α,β-unsaturated/α-hetero) is 1. The molecule has 0 radical (unpaired) electrons. The molecular formula is C46H59NO13. The van der Waals surface area contributed by atoms with E-state index in [1.54, 1.807) is 12.2 Å². The maximum Gasteiger partial charge on any atom is 0.314 e. The van der Waals surface area contributed by atoms with Gasteiger partial charge in [-0.15, -0.1) is 0 Å². The summed E-state index contributed by atoms with van der Waals surface area (Å²) in [6, 6.07) is 2.15. The lowest BCUT2D eigenvalue weighted by Crippen LogP contribution is -2.67. The van der Waals surface area contributed by atoms with Gasteiger partial charge in [0, 0.05) is 50.9 Å². The minimum atomic E-state index is -1.68. The summed E-state index contributed by atoms with van der Waals surface area (Å²) < 4.78 is 35.3. The molecule has 7 rings (SSSR count). The van der Waals surface area contributed by atoms with Gasteiger partial charge in [0.15, 0.2) is 29.4 Å². The van der Waals surface area contributed by atoms with Crippen LogP contribution in [0.1, 0.15) is 128 Å². The van der Waals surface area contributed by atoms with Crippen LogP contribution >= 0.6 is 0 Å². The summed E-state index contributed by atoms with van der Waals surface area (Å²) in [7, 11) is 0. The van der Waals surface area contributed by atoms with Crippen molar-refractivity contribution < 1.29 is 62.0 Å². The molecule has 5 fully saturated rings. The number of rotatable bonds is 6. The fourth-order valence-electron chi connectivity index (χ4n) is 13.2. The van der Waals surface area contributed by atoms with Crippen molar-refractivity contribution in [2.45, 2.75) is 164 Å². The van der Waals surface area contributed by atoms with Gasteiger partial charge in [-0.25, -0.2) is 0 Å². The van der Waals surface area contributed by atoms with Gasteiger partial charge in [-0.1, -0.05) is 60.1 Å². The minimum absolute atomic E-state index is 0.00341. The van der Waals surface area contributed by atoms with E-state index in [0.29, 0.717) is 44.9 Å². The fraction of sp³-hybridized carbons (Fsp3) is 0.739. The maximum atomic E-state index is 15.3. The highest BCUT2D eigenvalue weighted by molar-refractivity contribution is 6.04. The molecule has 1 aliphatic heterocycles. The van der Waals surface area contributed by atoms with E-state index in [1.807, 2.05) is 13.8 Å². The summed E-state index contributed by atoms with van der Waals surface area (Å²) in [4.78, 5) is 93.7. The maximum absolute atomic E-state index is 15.3. The van der Waals surface area contributed by atoms with Gasteiger partial charge < -0.3 is 28.4 Å². The lowest BCUT2D eigenvalue weighted by Gasteiger charge is -2.68. The van der Waals surface area contributed by atoms with Crippen molar-refractivity contribution in [3.63, 3.8) is 0 Å². The standard InChI is InChI=1S/C46H59NO13/c1-23(48)55-32-21-46(32)37(58-26(4)51)34(56-24(2)49)35(57-25(3)50)38(60-46)59-39(54)45-16-14-40(5,6)20-28(45)33-29(52)18-31-42(9)19-27(22-47)36(53)41(7,8)30(42)12-13-43(31,10)44(33,11)15-17-45/h18-19,28,30,32-35,37-38H,12-17,20-21H2,1-11H3/t28?,30-,32+,33?,34+,35+,37+,38+,42-,43+,44+,45-,46?/m0/s1. The van der Waals surface area contributed by atoms with E-state index in [-0.39, 0.29) is 34.9 Å². The van der Waals surface area contributed by atoms with Crippen molar-refractivity contribution in [1.29, 1.82) is 5.26 Å². The Hall–Kier alpha value is -4.38. The van der Waals surface area contributed by atoms with Crippen LogP contribution in [-0.4, -0.2) is 77.7 Å². The Kier molecular flexibility index (Phi) is 10.3. The first-order valence-electron chi connectivity index (χ1n) is 21.2. The monoisotopic (exact) mass is 833 g/mol. The molecule has 1 heterocycles. The van der Waals surface area contributed by atoms with Crippen molar-refractivity contribution in [3.05, 3.63) is 23.3 Å². The van der Waals surface area contributed by atoms with Crippen LogP contribution in [0.25, 0.3) is 0 Å². The number of hydrogen-bond donors (Lipinski definition) is 0. The van der Waals surface area contributed by atoms with Crippen molar-refractivity contribution >= 4 is 41.4 Å². The number of nitrogens with zero attached hydrogens (tertiary/aromatic N) is 1. The predicted octanol–water partition coefficient (Wildman–Crippen LogP) is 5.97. The quantitative estimate of drug-likeness (QED) is 0.224. The first-order valence-corrected chi connectivity index (χ1v) is 21.2. The third kappa shape index (κ3) is 6.37. The smallest absolute Gasteiger partial charge is 0.314 e. The highest BCUT2D eigenvalue weighted by Gasteiger charge is 2.75. The van der Waals surface area contributed by atoms with E-state index in [0.717, 1.165) is 26.3 Å². The zero-order valence-electron chi connectivity index (χ0n) is 36.7. The third-order valence-electron chi connectivity index (χ3n) is 16.3. The van der Waals surface area contributed by atoms with Gasteiger partial charge >= 0.3 is 29.8 Å². The van der Waals surface area contributed by atoms with E-state index >= 15 is 9.59 Å². The molecule has 0 aromatic carbocycles. The zero-order valence-corrected chi connectivity index (χ0v) is 36.7. The number of nitriles is 1. The summed E-state index contributed by atoms with van der Waals surface area (Å²) >= 11 is 0. The van der Waals surface area contributed by atoms with Crippen LogP contribution in [0.15, 0.2) is 23.3 Å². The lowest BCUT2D eigenvalue weighted by atomic mass is 9.34. The predicted molar refractivity (Wildman–Crippen MR) is 209 cm³/mol. The minimum Gasteiger partial charge on any atom is -0.459 e. The number of carbonyl (C=O) groups is 7. The molecule has 0 bridgehead atoms. The van der Waals surface area contributed by atoms with Crippen LogP contribution in [0.4, 0.5) is 0 Å². The molecular weight excluding hydrogens is 774 g/mol. The number of ketones is 2. The third-order valence-corrected chi connectivity index (χ3v) is 16.3. The Morgan fingerprint density at radius 2 is 1.35 bits per heavy atom. The molecule has 4 saturated carbocycles. The van der Waals surface area contributed by atoms with Crippen LogP contribution in [0.3, 0.4) is 0 Å². The van der Waals surface area contributed by atoms with Crippen molar-refractivity contribution in [1.82, 2.24) is 0 Å². The van der Waals surface area contributed by atoms with E-state index in [9.17, 15) is 29.2 Å². The van der Waals surface area contributed by atoms with E-state index in [4.69, 9.17) is 28.4 Å². The molecule has 13 atom stereocenters. The number of fused-ring (bicyclic) bond motifs is 7. The molecule has 0 aromatic rings. The molecule has 14 nitrogen and oxygen atoms in total. The molecule has 1 spiro atoms. The second kappa shape index (κ2) is 14.1. The summed E-state index contributed by atoms with van der Waals surface area (Å²) in [5.74, 6) is -5.16. The second-order valence-electron chi connectivity index (χ2n) is 20.7. The fourth-order valence-corrected chi connectivity index (χ4v) is 13.2. The summed E-state index contributed by atoms with van der Waals surface area (Å²) in [6.45, 7) is 19.1. The topological polar surface area (TPSA) is 199 Å². The second-order valence-corrected chi connectivity index (χ2v) is 20.7. The van der Waals surface area contributed by atoms with Crippen molar-refractivity contribution in [2.24, 2.45) is 50.2 Å². The Balaban J connectivity index is 1.30. The van der Waals surface area contributed by atoms with Gasteiger partial charge in [0.25, 0.3) is 0 Å². The van der Waals surface area contributed by atoms with E-state index in [2.05, 4.69) is 40.7 Å². The number of esters is 5. The molecule has 0 aromatic heterocycles. The van der Waals surface area contributed by atoms with Crippen molar-refractivity contribution in [3.8, 4) is 6.07 Å². The molecule has 6 aliphatic carbocycles. The number of carbonyl (C=O) groups excluding carboxylic acids is 7. The summed E-state index contributed by atoms with van der Waals surface area (Å²) in [5.41, 5.74) is -4.66. The average Bonchev–Trinajstić information content (AvgIpc) is 3.80. The molecule has 1 saturated heterocycles. The number of allylic oxidation sites excluding steroid dienone is 4. The average molecular weight is 834 g/mol. The van der Waals surface area contributed by atoms with Gasteiger partial charge in [0.1, 0.15) is 12.2 Å². The van der Waals surface area contributed by atoms with Crippen LogP contribution in [-0.2, 0) is 62.0 Å². The highest BCUT2D eigenvalue weighted by atomic mass is 16.8. The lowest BCUT2D eigenvalue weighted by molar-refractivity contribution is -0.314. The number of hydrogen-bond acceptors (Lipinski definition) is 14. The molecule has 3 unspecified atom stereocenters. The van der Waals surface area contributed by atoms with Crippen LogP contribution in [0.2, 0.25) is 0 Å². The van der Waals surface area contributed by atoms with Gasteiger partial charge in [-0.2, -0.15) is 5.26 Å². The van der Waals surface area contributed by atoms with Gasteiger partial charge in [0.2, 0.25) is 12.4 Å². The Morgan fingerprint density at radius 3 is 1.95 bits per heavy atom. The van der Waals surface area contributed by atoms with Crippen LogP contribution in [0, 0.1) is 61.6 Å². The molecule has 0 amide bonds. The molecule has 0 N–H and O–H groups in total. The Morgan fingerprint density at radius 1 is 0.750 bits per heavy atom. The van der Waals surface area contributed by atoms with Gasteiger partial charge in [-0.05, 0) is 79.1 Å². The normalized spacial score (nSPS) is 43.2. The highest BCUT2D eigenvalue weighted by Crippen LogP contribution is 2.74. The summed E-state index contributed by atoms with van der Waals surface area (Å²) in [5, 5.41) is 10.1. The number of ether oxygens (including phenoxy) is 6. The van der Waals surface area contributed by atoms with E-state index < -0.39 is 105 Å². The SMILES string of the molecule is CC(=O)O[C@@H]1[C@@H](OC(C)=O)[C@H](OC(=O)[C@]23CCC(C)(C)CC2C2C(=O)C=C4[C@@]5(C)C=C(C#N)C(=O)C(C)(C)[C@@H]5CC[C@@]4(C)[C@]2(C)CC3)OC2(C[C@H]2OC(C)=O)[C@@H]1OC(C)=O. The van der Waals surface area contributed by atoms with Gasteiger partial charge in [0.05, 0.1) is 11.0 Å². The van der Waals surface area contributed by atoms with Gasteiger partial charge in [-0.3, -0.25) is 33.6 Å². The van der Waals surface area contributed by atoms with Crippen LogP contribution < -0.4 is 0 Å². The Bertz CT molecular complexity index is 2060. The van der Waals surface area contributed by atoms with E-state index in [1.165, 1.54) is 6.92 Å². The molecule has 60 heavy (non-hydrogen) atoms. The largest absolute Gasteiger partial charge is 0.459 e. The molecule has 7 aliphatic rings.